The Balaban J connectivity index is 1.26. The molecule has 0 radical (unpaired) electrons. The van der Waals surface area contributed by atoms with E-state index in [0.29, 0.717) is 41.5 Å². The fraction of sp³-hybridized carbons (Fsp3) is 0.240. The summed E-state index contributed by atoms with van der Waals surface area (Å²) in [6.45, 7) is 1.70. The predicted molar refractivity (Wildman–Crippen MR) is 122 cm³/mol. The van der Waals surface area contributed by atoms with E-state index in [1.165, 1.54) is 0 Å². The summed E-state index contributed by atoms with van der Waals surface area (Å²) >= 11 is 6.24. The zero-order valence-corrected chi connectivity index (χ0v) is 18.2. The van der Waals surface area contributed by atoms with Crippen LogP contribution in [0.4, 0.5) is 5.69 Å². The normalized spacial score (nSPS) is 16.2. The number of amides is 2. The SMILES string of the molecule is O=C(c1cccc(N2Cc3cccc(Cl)c3C2=O)c1)N1CCC(Oc2ccncc2)CC1. The molecule has 2 aromatic carbocycles. The number of anilines is 1. The molecule has 0 bridgehead atoms. The molecule has 2 aliphatic rings. The molecule has 1 fully saturated rings. The number of hydrogen-bond donors (Lipinski definition) is 0. The molecule has 6 nitrogen and oxygen atoms in total. The number of pyridine rings is 1. The van der Waals surface area contributed by atoms with E-state index < -0.39 is 0 Å². The van der Waals surface area contributed by atoms with Gasteiger partial charge < -0.3 is 14.5 Å². The number of fused-ring (bicyclic) bond motifs is 1. The van der Waals surface area contributed by atoms with Crippen molar-refractivity contribution in [3.63, 3.8) is 0 Å². The van der Waals surface area contributed by atoms with Gasteiger partial charge in [0, 0.05) is 49.6 Å². The summed E-state index contributed by atoms with van der Waals surface area (Å²) in [5.41, 5.74) is 2.72. The maximum atomic E-state index is 13.1. The lowest BCUT2D eigenvalue weighted by atomic mass is 10.1. The van der Waals surface area contributed by atoms with Crippen LogP contribution in [-0.2, 0) is 6.54 Å². The first-order valence-corrected chi connectivity index (χ1v) is 11.0. The highest BCUT2D eigenvalue weighted by Crippen LogP contribution is 2.33. The van der Waals surface area contributed by atoms with E-state index in [4.69, 9.17) is 16.3 Å². The smallest absolute Gasteiger partial charge is 0.260 e. The number of benzene rings is 2. The molecule has 1 saturated heterocycles. The van der Waals surface area contributed by atoms with Gasteiger partial charge in [0.2, 0.25) is 0 Å². The summed E-state index contributed by atoms with van der Waals surface area (Å²) < 4.78 is 5.99. The molecule has 2 amide bonds. The van der Waals surface area contributed by atoms with Crippen molar-refractivity contribution in [3.05, 3.63) is 88.7 Å². The van der Waals surface area contributed by atoms with Crippen molar-refractivity contribution in [2.75, 3.05) is 18.0 Å². The lowest BCUT2D eigenvalue weighted by Gasteiger charge is -2.32. The van der Waals surface area contributed by atoms with Gasteiger partial charge in [-0.2, -0.15) is 0 Å². The second-order valence-corrected chi connectivity index (χ2v) is 8.42. The number of aromatic nitrogens is 1. The third-order valence-corrected chi connectivity index (χ3v) is 6.29. The molecule has 1 aromatic heterocycles. The van der Waals surface area contributed by atoms with Gasteiger partial charge in [-0.05, 0) is 42.0 Å². The van der Waals surface area contributed by atoms with Gasteiger partial charge in [0.05, 0.1) is 17.1 Å². The Labute approximate surface area is 191 Å². The predicted octanol–water partition coefficient (Wildman–Crippen LogP) is 4.58. The van der Waals surface area contributed by atoms with Crippen LogP contribution in [0.3, 0.4) is 0 Å². The van der Waals surface area contributed by atoms with E-state index >= 15 is 0 Å². The minimum absolute atomic E-state index is 0.0311. The second kappa shape index (κ2) is 8.63. The van der Waals surface area contributed by atoms with Crippen LogP contribution in [0.5, 0.6) is 5.75 Å². The highest BCUT2D eigenvalue weighted by Gasteiger charge is 2.31. The summed E-state index contributed by atoms with van der Waals surface area (Å²) in [6.07, 6.45) is 5.04. The Hall–Kier alpha value is -3.38. The van der Waals surface area contributed by atoms with Crippen molar-refractivity contribution >= 4 is 29.1 Å². The van der Waals surface area contributed by atoms with Crippen LogP contribution in [0.15, 0.2) is 67.0 Å². The fourth-order valence-electron chi connectivity index (χ4n) is 4.30. The van der Waals surface area contributed by atoms with Gasteiger partial charge in [0.1, 0.15) is 11.9 Å². The van der Waals surface area contributed by atoms with E-state index in [1.807, 2.05) is 41.3 Å². The van der Waals surface area contributed by atoms with Crippen molar-refractivity contribution in [3.8, 4) is 5.75 Å². The number of ether oxygens (including phenoxy) is 1. The van der Waals surface area contributed by atoms with E-state index in [-0.39, 0.29) is 17.9 Å². The molecule has 0 spiro atoms. The molecule has 2 aliphatic heterocycles. The molecular weight excluding hydrogens is 426 g/mol. The molecule has 0 unspecified atom stereocenters. The summed E-state index contributed by atoms with van der Waals surface area (Å²) in [4.78, 5) is 33.6. The van der Waals surface area contributed by atoms with Gasteiger partial charge in [-0.3, -0.25) is 14.6 Å². The number of carbonyl (C=O) groups is 2. The van der Waals surface area contributed by atoms with E-state index in [2.05, 4.69) is 4.98 Å². The zero-order valence-electron chi connectivity index (χ0n) is 17.4. The average Bonchev–Trinajstić information content (AvgIpc) is 3.17. The summed E-state index contributed by atoms with van der Waals surface area (Å²) in [5.74, 6) is 0.634. The summed E-state index contributed by atoms with van der Waals surface area (Å²) in [6, 6.07) is 16.4. The van der Waals surface area contributed by atoms with Gasteiger partial charge in [0.25, 0.3) is 11.8 Å². The number of nitrogens with zero attached hydrogens (tertiary/aromatic N) is 3. The van der Waals surface area contributed by atoms with Crippen LogP contribution >= 0.6 is 11.6 Å². The second-order valence-electron chi connectivity index (χ2n) is 8.01. The van der Waals surface area contributed by atoms with Crippen molar-refractivity contribution in [1.82, 2.24) is 9.88 Å². The molecule has 7 heteroatoms. The first-order chi connectivity index (χ1) is 15.6. The minimum atomic E-state index is -0.135. The molecule has 3 heterocycles. The zero-order chi connectivity index (χ0) is 22.1. The summed E-state index contributed by atoms with van der Waals surface area (Å²) in [7, 11) is 0. The highest BCUT2D eigenvalue weighted by atomic mass is 35.5. The largest absolute Gasteiger partial charge is 0.490 e. The maximum absolute atomic E-state index is 13.1. The monoisotopic (exact) mass is 447 g/mol. The third-order valence-electron chi connectivity index (χ3n) is 5.97. The number of piperidine rings is 1. The lowest BCUT2D eigenvalue weighted by molar-refractivity contribution is 0.0595. The molecule has 0 N–H and O–H groups in total. The molecule has 3 aromatic rings. The lowest BCUT2D eigenvalue weighted by Crippen LogP contribution is -2.41. The van der Waals surface area contributed by atoms with Crippen LogP contribution in [0, 0.1) is 0 Å². The molecule has 0 saturated carbocycles. The molecule has 0 atom stereocenters. The molecule has 5 rings (SSSR count). The molecule has 162 valence electrons. The highest BCUT2D eigenvalue weighted by molar-refractivity contribution is 6.35. The maximum Gasteiger partial charge on any atom is 0.260 e. The van der Waals surface area contributed by atoms with Gasteiger partial charge in [-0.15, -0.1) is 0 Å². The first kappa shape index (κ1) is 20.5. The third kappa shape index (κ3) is 3.94. The van der Waals surface area contributed by atoms with Crippen LogP contribution in [0.25, 0.3) is 0 Å². The molecule has 0 aliphatic carbocycles. The standard InChI is InChI=1S/C25H22ClN3O3/c26-22-6-2-4-18-16-29(25(31)23(18)22)19-5-1-3-17(15-19)24(30)28-13-9-21(10-14-28)32-20-7-11-27-12-8-20/h1-8,11-12,15,21H,9-10,13-14,16H2. The van der Waals surface area contributed by atoms with E-state index in [0.717, 1.165) is 24.2 Å². The number of hydrogen-bond acceptors (Lipinski definition) is 4. The average molecular weight is 448 g/mol. The Morgan fingerprint density at radius 2 is 1.78 bits per heavy atom. The van der Waals surface area contributed by atoms with Gasteiger partial charge in [0.15, 0.2) is 0 Å². The number of rotatable bonds is 4. The van der Waals surface area contributed by atoms with Gasteiger partial charge in [-0.1, -0.05) is 29.8 Å². The summed E-state index contributed by atoms with van der Waals surface area (Å²) in [5, 5.41) is 0.457. The van der Waals surface area contributed by atoms with Crippen LogP contribution in [0.2, 0.25) is 5.02 Å². The Bertz CT molecular complexity index is 1160. The van der Waals surface area contributed by atoms with Crippen LogP contribution in [0.1, 0.15) is 39.1 Å². The van der Waals surface area contributed by atoms with Crippen LogP contribution < -0.4 is 9.64 Å². The molecular formula is C25H22ClN3O3. The Morgan fingerprint density at radius 3 is 2.53 bits per heavy atom. The van der Waals surface area contributed by atoms with Crippen molar-refractivity contribution in [2.24, 2.45) is 0 Å². The van der Waals surface area contributed by atoms with Gasteiger partial charge >= 0.3 is 0 Å². The van der Waals surface area contributed by atoms with Crippen molar-refractivity contribution < 1.29 is 14.3 Å². The quantitative estimate of drug-likeness (QED) is 0.587. The van der Waals surface area contributed by atoms with E-state index in [1.54, 1.807) is 35.5 Å². The van der Waals surface area contributed by atoms with Gasteiger partial charge in [-0.25, -0.2) is 0 Å². The van der Waals surface area contributed by atoms with Crippen molar-refractivity contribution in [2.45, 2.75) is 25.5 Å². The van der Waals surface area contributed by atoms with E-state index in [9.17, 15) is 9.59 Å². The molecule has 32 heavy (non-hydrogen) atoms. The minimum Gasteiger partial charge on any atom is -0.490 e. The number of likely N-dealkylation sites (tertiary alicyclic amines) is 1. The van der Waals surface area contributed by atoms with Crippen molar-refractivity contribution in [1.29, 1.82) is 0 Å². The number of halogens is 1. The number of carbonyl (C=O) groups excluding carboxylic acids is 2. The Kier molecular flexibility index (Phi) is 5.53. The first-order valence-electron chi connectivity index (χ1n) is 10.7. The van der Waals surface area contributed by atoms with Crippen LogP contribution in [-0.4, -0.2) is 40.9 Å². The topological polar surface area (TPSA) is 62.7 Å². The Morgan fingerprint density at radius 1 is 1.03 bits per heavy atom. The fourth-order valence-corrected chi connectivity index (χ4v) is 4.58.